The van der Waals surface area contributed by atoms with E-state index in [1.165, 1.54) is 19.3 Å². The molecule has 4 heteroatoms. The van der Waals surface area contributed by atoms with Crippen molar-refractivity contribution in [1.82, 2.24) is 9.91 Å². The van der Waals surface area contributed by atoms with Crippen molar-refractivity contribution in [3.8, 4) is 0 Å². The van der Waals surface area contributed by atoms with Gasteiger partial charge in [0.1, 0.15) is 0 Å². The number of nitrogens with zero attached hydrogens (tertiary/aromatic N) is 2. The van der Waals surface area contributed by atoms with Crippen LogP contribution in [0.25, 0.3) is 0 Å². The van der Waals surface area contributed by atoms with Crippen LogP contribution in [-0.2, 0) is 4.79 Å². The van der Waals surface area contributed by atoms with Crippen molar-refractivity contribution in [2.75, 3.05) is 26.2 Å². The van der Waals surface area contributed by atoms with Gasteiger partial charge in [0.2, 0.25) is 0 Å². The van der Waals surface area contributed by atoms with Crippen LogP contribution in [0.2, 0.25) is 0 Å². The zero-order chi connectivity index (χ0) is 8.81. The minimum Gasteiger partial charge on any atom is -0.302 e. The summed E-state index contributed by atoms with van der Waals surface area (Å²) in [4.78, 5) is 12.4. The summed E-state index contributed by atoms with van der Waals surface area (Å²) < 4.78 is 0. The van der Waals surface area contributed by atoms with E-state index in [-0.39, 0.29) is 0 Å². The van der Waals surface area contributed by atoms with E-state index in [1.807, 2.05) is 0 Å². The monoisotopic (exact) mass is 170 g/mol. The topological polar surface area (TPSA) is 49.6 Å². The predicted octanol–water partition coefficient (Wildman–Crippen LogP) is -0.285. The van der Waals surface area contributed by atoms with E-state index >= 15 is 0 Å². The molecule has 0 saturated carbocycles. The smallest absolute Gasteiger partial charge is 0.302 e. The maximum atomic E-state index is 10.0. The first kappa shape index (κ1) is 9.48. The molecule has 1 rings (SSSR count). The molecule has 0 aliphatic carbocycles. The lowest BCUT2D eigenvalue weighted by molar-refractivity contribution is 0.209. The summed E-state index contributed by atoms with van der Waals surface area (Å²) in [6.07, 6.45) is 5.52. The highest BCUT2D eigenvalue weighted by Crippen LogP contribution is 2.07. The number of nitrogens with two attached hydrogens (primary N) is 1. The summed E-state index contributed by atoms with van der Waals surface area (Å²) >= 11 is 0. The molecule has 0 unspecified atom stereocenters. The maximum absolute atomic E-state index is 10.0. The van der Waals surface area contributed by atoms with Gasteiger partial charge in [0.15, 0.2) is 0 Å². The zero-order valence-corrected chi connectivity index (χ0v) is 7.33. The van der Waals surface area contributed by atoms with Gasteiger partial charge < -0.3 is 4.90 Å². The van der Waals surface area contributed by atoms with Crippen LogP contribution in [0.3, 0.4) is 0 Å². The molecule has 2 N–H and O–H groups in total. The average molecular weight is 170 g/mol. The Hall–Kier alpha value is -0.610. The van der Waals surface area contributed by atoms with Crippen molar-refractivity contribution in [2.24, 2.45) is 5.84 Å². The lowest BCUT2D eigenvalue weighted by atomic mass is 10.1. The molecule has 1 radical (unpaired) electrons. The van der Waals surface area contributed by atoms with Crippen molar-refractivity contribution in [3.05, 3.63) is 0 Å². The van der Waals surface area contributed by atoms with Gasteiger partial charge in [0, 0.05) is 6.54 Å². The van der Waals surface area contributed by atoms with E-state index in [2.05, 4.69) is 4.90 Å². The maximum Gasteiger partial charge on any atom is 0.327 e. The van der Waals surface area contributed by atoms with Gasteiger partial charge in [-0.15, -0.1) is 0 Å². The summed E-state index contributed by atoms with van der Waals surface area (Å²) in [5.74, 6) is 5.27. The van der Waals surface area contributed by atoms with Crippen LogP contribution in [0, 0.1) is 0 Å². The first-order valence-electron chi connectivity index (χ1n) is 4.45. The van der Waals surface area contributed by atoms with E-state index in [0.29, 0.717) is 6.54 Å². The van der Waals surface area contributed by atoms with Gasteiger partial charge >= 0.3 is 6.41 Å². The molecule has 1 saturated heterocycles. The fourth-order valence-corrected chi connectivity index (χ4v) is 1.48. The zero-order valence-electron chi connectivity index (χ0n) is 7.33. The minimum atomic E-state index is 0.587. The number of likely N-dealkylation sites (tertiary alicyclic amines) is 1. The third-order valence-electron chi connectivity index (χ3n) is 2.22. The molecule has 0 aromatic carbocycles. The Morgan fingerprint density at radius 1 is 1.33 bits per heavy atom. The average Bonchev–Trinajstić information content (AvgIpc) is 2.16. The van der Waals surface area contributed by atoms with Gasteiger partial charge in [-0.3, -0.25) is 9.80 Å². The summed E-state index contributed by atoms with van der Waals surface area (Å²) in [7, 11) is 0. The molecule has 1 aliphatic heterocycles. The van der Waals surface area contributed by atoms with Gasteiger partial charge in [-0.25, -0.2) is 5.84 Å². The number of hydrogen-bond acceptors (Lipinski definition) is 3. The van der Waals surface area contributed by atoms with E-state index in [1.54, 1.807) is 6.41 Å². The fraction of sp³-hybridized carbons (Fsp3) is 0.875. The Morgan fingerprint density at radius 3 is 2.58 bits per heavy atom. The molecule has 0 aromatic rings. The molecular weight excluding hydrogens is 154 g/mol. The Balaban J connectivity index is 2.08. The van der Waals surface area contributed by atoms with Gasteiger partial charge in [0.25, 0.3) is 0 Å². The first-order valence-corrected chi connectivity index (χ1v) is 4.45. The van der Waals surface area contributed by atoms with E-state index in [9.17, 15) is 4.79 Å². The number of rotatable bonds is 4. The number of hydrazine groups is 1. The first-order chi connectivity index (χ1) is 5.83. The van der Waals surface area contributed by atoms with Crippen molar-refractivity contribution in [3.63, 3.8) is 0 Å². The molecule has 1 heterocycles. The second-order valence-electron chi connectivity index (χ2n) is 3.19. The highest BCUT2D eigenvalue weighted by molar-refractivity contribution is 5.46. The van der Waals surface area contributed by atoms with Crippen LogP contribution >= 0.6 is 0 Å². The number of hydrogen-bond donors (Lipinski definition) is 1. The van der Waals surface area contributed by atoms with E-state index in [4.69, 9.17) is 5.84 Å². The molecule has 1 aliphatic rings. The Kier molecular flexibility index (Phi) is 4.04. The molecule has 0 atom stereocenters. The lowest BCUT2D eigenvalue weighted by Gasteiger charge is -2.27. The van der Waals surface area contributed by atoms with Crippen LogP contribution in [0.15, 0.2) is 0 Å². The van der Waals surface area contributed by atoms with Crippen molar-refractivity contribution < 1.29 is 4.79 Å². The molecule has 1 amide bonds. The largest absolute Gasteiger partial charge is 0.327 e. The number of amides is 1. The summed E-state index contributed by atoms with van der Waals surface area (Å²) in [5.41, 5.74) is 0. The van der Waals surface area contributed by atoms with Crippen molar-refractivity contribution in [1.29, 1.82) is 0 Å². The van der Waals surface area contributed by atoms with Gasteiger partial charge in [-0.2, -0.15) is 0 Å². The van der Waals surface area contributed by atoms with Crippen molar-refractivity contribution >= 4 is 6.41 Å². The third-order valence-corrected chi connectivity index (χ3v) is 2.22. The van der Waals surface area contributed by atoms with Gasteiger partial charge in [0.05, 0.1) is 6.54 Å². The molecule has 1 fully saturated rings. The molecule has 12 heavy (non-hydrogen) atoms. The molecule has 0 aromatic heterocycles. The van der Waals surface area contributed by atoms with Crippen LogP contribution in [0.4, 0.5) is 0 Å². The predicted molar refractivity (Wildman–Crippen MR) is 46.9 cm³/mol. The molecule has 0 spiro atoms. The van der Waals surface area contributed by atoms with E-state index < -0.39 is 0 Å². The van der Waals surface area contributed by atoms with Crippen LogP contribution in [0.1, 0.15) is 19.3 Å². The fourth-order valence-electron chi connectivity index (χ4n) is 1.48. The number of piperidine rings is 1. The van der Waals surface area contributed by atoms with Gasteiger partial charge in [-0.05, 0) is 25.9 Å². The van der Waals surface area contributed by atoms with Crippen LogP contribution in [0.5, 0.6) is 0 Å². The molecule has 4 nitrogen and oxygen atoms in total. The molecule has 0 bridgehead atoms. The highest BCUT2D eigenvalue weighted by atomic mass is 16.1. The minimum absolute atomic E-state index is 0.587. The summed E-state index contributed by atoms with van der Waals surface area (Å²) in [6.45, 7) is 3.76. The Labute approximate surface area is 73.3 Å². The molecular formula is C8H16N3O. The Morgan fingerprint density at radius 2 is 2.00 bits per heavy atom. The van der Waals surface area contributed by atoms with Crippen LogP contribution in [-0.4, -0.2) is 42.5 Å². The summed E-state index contributed by atoms with van der Waals surface area (Å²) in [5, 5.41) is 1.08. The summed E-state index contributed by atoms with van der Waals surface area (Å²) in [6, 6.07) is 0. The second kappa shape index (κ2) is 5.11. The molecule has 69 valence electrons. The van der Waals surface area contributed by atoms with Crippen LogP contribution < -0.4 is 5.84 Å². The second-order valence-corrected chi connectivity index (χ2v) is 3.19. The Bertz CT molecular complexity index is 134. The quantitative estimate of drug-likeness (QED) is 0.273. The van der Waals surface area contributed by atoms with E-state index in [0.717, 1.165) is 24.6 Å². The third kappa shape index (κ3) is 3.19. The standard InChI is InChI=1S/C8H16N3O/c9-11(8-12)7-6-10-4-2-1-3-5-10/h1-7,9H2. The highest BCUT2D eigenvalue weighted by Gasteiger charge is 2.09. The van der Waals surface area contributed by atoms with Crippen molar-refractivity contribution in [2.45, 2.75) is 19.3 Å². The van der Waals surface area contributed by atoms with Gasteiger partial charge in [-0.1, -0.05) is 6.42 Å². The SMILES string of the molecule is NN([C]=O)CCN1CCCCC1. The lowest BCUT2D eigenvalue weighted by Crippen LogP contribution is -2.40. The number of carbonyl (C=O) groups excluding carboxylic acids is 1. The normalized spacial score (nSPS) is 19.1.